The van der Waals surface area contributed by atoms with E-state index in [1.165, 1.54) is 205 Å². The normalized spacial score (nSPS) is 13.6. The van der Waals surface area contributed by atoms with Crippen molar-refractivity contribution in [3.63, 3.8) is 0 Å². The molecule has 0 saturated heterocycles. The Labute approximate surface area is 380 Å². The Morgan fingerprint density at radius 3 is 1.25 bits per heavy atom. The number of carbonyl (C=O) groups excluding carboxylic acids is 1. The van der Waals surface area contributed by atoms with Gasteiger partial charge in [-0.25, -0.2) is 4.57 Å². The van der Waals surface area contributed by atoms with Crippen LogP contribution in [0.3, 0.4) is 0 Å². The van der Waals surface area contributed by atoms with Gasteiger partial charge in [0.2, 0.25) is 0 Å². The number of ether oxygens (including phenoxy) is 2. The van der Waals surface area contributed by atoms with Crippen molar-refractivity contribution in [1.29, 1.82) is 0 Å². The summed E-state index contributed by atoms with van der Waals surface area (Å²) in [5.74, 6) is -0.308. The molecule has 0 rings (SSSR count). The van der Waals surface area contributed by atoms with E-state index < -0.39 is 13.9 Å². The van der Waals surface area contributed by atoms with Crippen LogP contribution in [0.5, 0.6) is 0 Å². The van der Waals surface area contributed by atoms with Crippen LogP contribution in [0.1, 0.15) is 258 Å². The first kappa shape index (κ1) is 60.2. The summed E-state index contributed by atoms with van der Waals surface area (Å²) in [6.45, 7) is 5.68. The Morgan fingerprint density at radius 1 is 0.492 bits per heavy atom. The molecule has 61 heavy (non-hydrogen) atoms. The van der Waals surface area contributed by atoms with Gasteiger partial charge in [0.05, 0.1) is 34.4 Å². The number of carbonyl (C=O) groups is 1. The van der Waals surface area contributed by atoms with E-state index >= 15 is 0 Å². The Morgan fingerprint density at radius 2 is 0.852 bits per heavy atom. The standard InChI is InChI=1S/C52H104NO7P/c1-6-8-10-12-14-16-18-20-21-22-23-24-25-26-27-28-29-30-31-32-34-36-38-40-42-44-47-57-49-51(50-59-61(55,56)58-48-46-53(3,4)5)60-52(54)45-43-41-39-37-35-33-19-17-15-13-11-9-7-2/h22-23,51H,6-21,24-50H2,1-5H3/p+1/b23-22-. The Balaban J connectivity index is 3.99. The summed E-state index contributed by atoms with van der Waals surface area (Å²) in [7, 11) is 1.68. The minimum Gasteiger partial charge on any atom is -0.457 e. The van der Waals surface area contributed by atoms with Crippen molar-refractivity contribution in [3.05, 3.63) is 12.2 Å². The third-order valence-electron chi connectivity index (χ3n) is 11.8. The van der Waals surface area contributed by atoms with E-state index in [1.54, 1.807) is 0 Å². The number of allylic oxidation sites excluding steroid dienone is 2. The van der Waals surface area contributed by atoms with Gasteiger partial charge in [0.25, 0.3) is 0 Å². The average molecular weight is 887 g/mol. The number of phosphoric acid groups is 1. The van der Waals surface area contributed by atoms with Crippen LogP contribution in [0.4, 0.5) is 0 Å². The van der Waals surface area contributed by atoms with Crippen molar-refractivity contribution < 1.29 is 37.3 Å². The first-order valence-electron chi connectivity index (χ1n) is 26.4. The molecular formula is C52H105NO7P+. The molecule has 2 atom stereocenters. The molecule has 0 heterocycles. The molecule has 2 unspecified atom stereocenters. The van der Waals surface area contributed by atoms with Crippen molar-refractivity contribution in [2.75, 3.05) is 54.1 Å². The molecule has 0 radical (unpaired) electrons. The molecule has 0 aromatic heterocycles. The van der Waals surface area contributed by atoms with Crippen LogP contribution in [0, 0.1) is 0 Å². The molecule has 0 aliphatic carbocycles. The Hall–Kier alpha value is -0.760. The van der Waals surface area contributed by atoms with Gasteiger partial charge in [0.15, 0.2) is 0 Å². The lowest BCUT2D eigenvalue weighted by molar-refractivity contribution is -0.870. The maximum absolute atomic E-state index is 12.7. The molecule has 9 heteroatoms. The predicted octanol–water partition coefficient (Wildman–Crippen LogP) is 16.2. The van der Waals surface area contributed by atoms with E-state index in [4.69, 9.17) is 18.5 Å². The number of rotatable bonds is 50. The van der Waals surface area contributed by atoms with Crippen LogP contribution in [-0.2, 0) is 27.9 Å². The van der Waals surface area contributed by atoms with Crippen LogP contribution in [-0.4, -0.2) is 75.6 Å². The van der Waals surface area contributed by atoms with E-state index in [0.717, 1.165) is 32.1 Å². The van der Waals surface area contributed by atoms with Gasteiger partial charge in [0.1, 0.15) is 19.3 Å². The quantitative estimate of drug-likeness (QED) is 0.0214. The Kier molecular flexibility index (Phi) is 45.2. The Bertz CT molecular complexity index is 987. The van der Waals surface area contributed by atoms with Crippen LogP contribution in [0.2, 0.25) is 0 Å². The number of hydrogen-bond acceptors (Lipinski definition) is 6. The largest absolute Gasteiger partial charge is 0.472 e. The van der Waals surface area contributed by atoms with Gasteiger partial charge in [-0.1, -0.05) is 225 Å². The fourth-order valence-electron chi connectivity index (χ4n) is 7.73. The van der Waals surface area contributed by atoms with Crippen molar-refractivity contribution in [1.82, 2.24) is 0 Å². The van der Waals surface area contributed by atoms with E-state index in [9.17, 15) is 14.3 Å². The third kappa shape index (κ3) is 50.1. The topological polar surface area (TPSA) is 91.3 Å². The SMILES string of the molecule is CCCCCCCCCC/C=C\CCCCCCCCCCCCCCCCOCC(COP(=O)(O)OCC[N+](C)(C)C)OC(=O)CCCCCCCCCCCCCCC. The summed E-state index contributed by atoms with van der Waals surface area (Å²) in [6.07, 6.45) is 52.7. The summed E-state index contributed by atoms with van der Waals surface area (Å²) >= 11 is 0. The second-order valence-corrected chi connectivity index (χ2v) is 20.7. The molecule has 8 nitrogen and oxygen atoms in total. The van der Waals surface area contributed by atoms with E-state index in [-0.39, 0.29) is 25.8 Å². The number of unbranched alkanes of at least 4 members (excludes halogenated alkanes) is 34. The fraction of sp³-hybridized carbons (Fsp3) is 0.942. The summed E-state index contributed by atoms with van der Waals surface area (Å²) in [4.78, 5) is 22.9. The number of likely N-dealkylation sites (N-methyl/N-ethyl adjacent to an activating group) is 1. The zero-order chi connectivity index (χ0) is 44.8. The molecule has 364 valence electrons. The molecule has 0 amide bonds. The minimum absolute atomic E-state index is 0.0926. The van der Waals surface area contributed by atoms with Gasteiger partial charge < -0.3 is 18.9 Å². The highest BCUT2D eigenvalue weighted by atomic mass is 31.2. The summed E-state index contributed by atoms with van der Waals surface area (Å²) in [5.41, 5.74) is 0. The van der Waals surface area contributed by atoms with Gasteiger partial charge >= 0.3 is 13.8 Å². The molecule has 0 aromatic carbocycles. The van der Waals surface area contributed by atoms with E-state index in [2.05, 4.69) is 26.0 Å². The van der Waals surface area contributed by atoms with Gasteiger partial charge in [-0.2, -0.15) is 0 Å². The van der Waals surface area contributed by atoms with Crippen molar-refractivity contribution in [2.24, 2.45) is 0 Å². The van der Waals surface area contributed by atoms with Gasteiger partial charge in [-0.15, -0.1) is 0 Å². The summed E-state index contributed by atoms with van der Waals surface area (Å²) < 4.78 is 35.1. The fourth-order valence-corrected chi connectivity index (χ4v) is 8.47. The van der Waals surface area contributed by atoms with Crippen LogP contribution in [0.25, 0.3) is 0 Å². The van der Waals surface area contributed by atoms with Crippen LogP contribution >= 0.6 is 7.82 Å². The first-order valence-corrected chi connectivity index (χ1v) is 27.9. The minimum atomic E-state index is -4.27. The van der Waals surface area contributed by atoms with Crippen molar-refractivity contribution in [2.45, 2.75) is 264 Å². The zero-order valence-electron chi connectivity index (χ0n) is 41.4. The third-order valence-corrected chi connectivity index (χ3v) is 12.8. The second kappa shape index (κ2) is 45.8. The molecule has 0 bridgehead atoms. The molecule has 0 fully saturated rings. The number of hydrogen-bond donors (Lipinski definition) is 1. The number of quaternary nitrogens is 1. The van der Waals surface area contributed by atoms with E-state index in [0.29, 0.717) is 24.1 Å². The highest BCUT2D eigenvalue weighted by molar-refractivity contribution is 7.47. The van der Waals surface area contributed by atoms with Crippen LogP contribution in [0.15, 0.2) is 12.2 Å². The highest BCUT2D eigenvalue weighted by Crippen LogP contribution is 2.43. The summed E-state index contributed by atoms with van der Waals surface area (Å²) in [6, 6.07) is 0. The summed E-state index contributed by atoms with van der Waals surface area (Å²) in [5, 5.41) is 0. The molecule has 0 saturated carbocycles. The zero-order valence-corrected chi connectivity index (χ0v) is 42.3. The smallest absolute Gasteiger partial charge is 0.457 e. The molecule has 0 aromatic rings. The maximum Gasteiger partial charge on any atom is 0.472 e. The lowest BCUT2D eigenvalue weighted by Gasteiger charge is -2.24. The lowest BCUT2D eigenvalue weighted by atomic mass is 10.0. The van der Waals surface area contributed by atoms with Crippen molar-refractivity contribution >= 4 is 13.8 Å². The monoisotopic (exact) mass is 887 g/mol. The molecule has 0 aliphatic rings. The first-order chi connectivity index (χ1) is 29.6. The maximum atomic E-state index is 12.7. The lowest BCUT2D eigenvalue weighted by Crippen LogP contribution is -2.37. The van der Waals surface area contributed by atoms with Gasteiger partial charge in [0, 0.05) is 13.0 Å². The molecule has 1 N–H and O–H groups in total. The molecular weight excluding hydrogens is 782 g/mol. The number of esters is 1. The van der Waals surface area contributed by atoms with Crippen molar-refractivity contribution in [3.8, 4) is 0 Å². The number of nitrogens with zero attached hydrogens (tertiary/aromatic N) is 1. The van der Waals surface area contributed by atoms with Crippen LogP contribution < -0.4 is 0 Å². The van der Waals surface area contributed by atoms with E-state index in [1.807, 2.05) is 21.1 Å². The van der Waals surface area contributed by atoms with Gasteiger partial charge in [-0.05, 0) is 38.5 Å². The second-order valence-electron chi connectivity index (χ2n) is 19.3. The number of phosphoric ester groups is 1. The van der Waals surface area contributed by atoms with Gasteiger partial charge in [-0.3, -0.25) is 13.8 Å². The molecule has 0 aliphatic heterocycles. The predicted molar refractivity (Wildman–Crippen MR) is 261 cm³/mol. The highest BCUT2D eigenvalue weighted by Gasteiger charge is 2.26. The molecule has 0 spiro atoms. The average Bonchev–Trinajstić information content (AvgIpc) is 3.22.